The van der Waals surface area contributed by atoms with Gasteiger partial charge < -0.3 is 9.47 Å². The highest BCUT2D eigenvalue weighted by Crippen LogP contribution is 2.26. The summed E-state index contributed by atoms with van der Waals surface area (Å²) in [5.74, 6) is -0.00468. The average Bonchev–Trinajstić information content (AvgIpc) is 2.84. The summed E-state index contributed by atoms with van der Waals surface area (Å²) >= 11 is 0. The van der Waals surface area contributed by atoms with Crippen LogP contribution < -0.4 is 0 Å². The van der Waals surface area contributed by atoms with Crippen LogP contribution in [0.25, 0.3) is 0 Å². The van der Waals surface area contributed by atoms with Gasteiger partial charge in [-0.15, -0.1) is 0 Å². The van der Waals surface area contributed by atoms with Crippen LogP contribution >= 0.6 is 0 Å². The second-order valence-corrected chi connectivity index (χ2v) is 6.70. The summed E-state index contributed by atoms with van der Waals surface area (Å²) in [7, 11) is 0. The van der Waals surface area contributed by atoms with E-state index in [2.05, 4.69) is 6.92 Å². The van der Waals surface area contributed by atoms with Crippen LogP contribution in [0.2, 0.25) is 0 Å². The van der Waals surface area contributed by atoms with E-state index in [1.165, 1.54) is 12.8 Å². The molecule has 0 amide bonds. The highest BCUT2D eigenvalue weighted by atomic mass is 16.5. The zero-order valence-corrected chi connectivity index (χ0v) is 13.9. The van der Waals surface area contributed by atoms with Gasteiger partial charge in [0.25, 0.3) is 0 Å². The summed E-state index contributed by atoms with van der Waals surface area (Å²) in [5.41, 5.74) is 0. The highest BCUT2D eigenvalue weighted by Gasteiger charge is 2.33. The van der Waals surface area contributed by atoms with Crippen LogP contribution in [0, 0.1) is 0 Å². The zero-order chi connectivity index (χ0) is 15.8. The molecule has 2 rings (SSSR count). The fourth-order valence-corrected chi connectivity index (χ4v) is 3.41. The van der Waals surface area contributed by atoms with Gasteiger partial charge in [0.2, 0.25) is 0 Å². The van der Waals surface area contributed by atoms with Gasteiger partial charge in [-0.1, -0.05) is 32.6 Å². The normalized spacial score (nSPS) is 31.0. The standard InChI is InChI=1S/C18H30O4/c1-2-3-5-8-14-9-6-4-7-10-15-13-16(19)17(21-15)11-12-18(20)22-14/h14-15,17H,2-13H2,1H3/t14-,15-,17+/m1/s1. The molecule has 4 heteroatoms. The number of ketones is 1. The highest BCUT2D eigenvalue weighted by molar-refractivity contribution is 5.85. The van der Waals surface area contributed by atoms with Crippen molar-refractivity contribution in [3.63, 3.8) is 0 Å². The van der Waals surface area contributed by atoms with Crippen molar-refractivity contribution in [2.75, 3.05) is 0 Å². The summed E-state index contributed by atoms with van der Waals surface area (Å²) in [6.45, 7) is 2.18. The quantitative estimate of drug-likeness (QED) is 0.583. The molecule has 2 fully saturated rings. The number of carbonyl (C=O) groups is 2. The Kier molecular flexibility index (Phi) is 7.37. The molecule has 22 heavy (non-hydrogen) atoms. The molecule has 0 aromatic carbocycles. The van der Waals surface area contributed by atoms with Crippen LogP contribution in [0.1, 0.15) is 84.0 Å². The first-order chi connectivity index (χ1) is 10.7. The fraction of sp³-hybridized carbons (Fsp3) is 0.889. The molecule has 0 aromatic rings. The van der Waals surface area contributed by atoms with E-state index in [9.17, 15) is 9.59 Å². The van der Waals surface area contributed by atoms with Crippen molar-refractivity contribution in [3.8, 4) is 0 Å². The zero-order valence-electron chi connectivity index (χ0n) is 13.9. The Labute approximate surface area is 133 Å². The van der Waals surface area contributed by atoms with Gasteiger partial charge in [0.05, 0.1) is 6.10 Å². The molecule has 2 aliphatic rings. The summed E-state index contributed by atoms with van der Waals surface area (Å²) in [4.78, 5) is 23.9. The van der Waals surface area contributed by atoms with E-state index in [0.29, 0.717) is 19.3 Å². The number of Topliss-reactive ketones (excluding diaryl/α,β-unsaturated/α-hetero) is 1. The van der Waals surface area contributed by atoms with Gasteiger partial charge >= 0.3 is 5.97 Å². The van der Waals surface area contributed by atoms with E-state index < -0.39 is 0 Å². The summed E-state index contributed by atoms with van der Waals surface area (Å²) in [5, 5.41) is 0. The third-order valence-corrected chi connectivity index (χ3v) is 4.74. The topological polar surface area (TPSA) is 52.6 Å². The largest absolute Gasteiger partial charge is 0.462 e. The average molecular weight is 310 g/mol. The molecule has 0 aromatic heterocycles. The minimum Gasteiger partial charge on any atom is -0.462 e. The summed E-state index contributed by atoms with van der Waals surface area (Å²) in [6, 6.07) is 0. The van der Waals surface area contributed by atoms with Crippen molar-refractivity contribution >= 4 is 11.8 Å². The fourth-order valence-electron chi connectivity index (χ4n) is 3.41. The van der Waals surface area contributed by atoms with Crippen LogP contribution in [0.5, 0.6) is 0 Å². The van der Waals surface area contributed by atoms with Crippen molar-refractivity contribution in [1.82, 2.24) is 0 Å². The Morgan fingerprint density at radius 2 is 1.86 bits per heavy atom. The SMILES string of the molecule is CCCCC[C@@H]1CCCCC[C@@H]2CC(=O)[C@H](CCC(=O)O1)O2. The summed E-state index contributed by atoms with van der Waals surface area (Å²) < 4.78 is 11.4. The monoisotopic (exact) mass is 310 g/mol. The molecule has 2 saturated heterocycles. The molecule has 0 unspecified atom stereocenters. The number of carbonyl (C=O) groups excluding carboxylic acids is 2. The minimum absolute atomic E-state index is 0.0635. The van der Waals surface area contributed by atoms with E-state index in [4.69, 9.17) is 9.47 Å². The Balaban J connectivity index is 1.86. The van der Waals surface area contributed by atoms with Gasteiger partial charge in [-0.2, -0.15) is 0 Å². The predicted octanol–water partition coefficient (Wildman–Crippen LogP) is 3.95. The van der Waals surface area contributed by atoms with Crippen molar-refractivity contribution in [2.45, 2.75) is 102 Å². The molecular formula is C18H30O4. The van der Waals surface area contributed by atoms with Gasteiger partial charge in [-0.3, -0.25) is 9.59 Å². The van der Waals surface area contributed by atoms with Gasteiger partial charge in [-0.25, -0.2) is 0 Å². The van der Waals surface area contributed by atoms with Crippen molar-refractivity contribution in [1.29, 1.82) is 0 Å². The lowest BCUT2D eigenvalue weighted by atomic mass is 10.0. The van der Waals surface area contributed by atoms with Gasteiger partial charge in [0.15, 0.2) is 5.78 Å². The van der Waals surface area contributed by atoms with Gasteiger partial charge in [-0.05, 0) is 38.5 Å². The first-order valence-corrected chi connectivity index (χ1v) is 9.06. The Morgan fingerprint density at radius 1 is 1.05 bits per heavy atom. The van der Waals surface area contributed by atoms with Gasteiger partial charge in [0, 0.05) is 12.8 Å². The molecular weight excluding hydrogens is 280 g/mol. The maximum Gasteiger partial charge on any atom is 0.306 e. The Bertz CT molecular complexity index is 366. The van der Waals surface area contributed by atoms with E-state index in [1.807, 2.05) is 0 Å². The lowest BCUT2D eigenvalue weighted by Gasteiger charge is -2.18. The van der Waals surface area contributed by atoms with Crippen LogP contribution in [-0.4, -0.2) is 30.1 Å². The van der Waals surface area contributed by atoms with Crippen LogP contribution in [0.4, 0.5) is 0 Å². The van der Waals surface area contributed by atoms with E-state index in [-0.39, 0.29) is 30.1 Å². The summed E-state index contributed by atoms with van der Waals surface area (Å²) in [6.07, 6.45) is 10.8. The molecule has 0 radical (unpaired) electrons. The van der Waals surface area contributed by atoms with Crippen molar-refractivity contribution in [3.05, 3.63) is 0 Å². The van der Waals surface area contributed by atoms with E-state index in [0.717, 1.165) is 44.9 Å². The van der Waals surface area contributed by atoms with Crippen molar-refractivity contribution < 1.29 is 19.1 Å². The number of hydrogen-bond acceptors (Lipinski definition) is 4. The Hall–Kier alpha value is -0.900. The number of esters is 1. The molecule has 2 aliphatic heterocycles. The number of rotatable bonds is 4. The first-order valence-electron chi connectivity index (χ1n) is 9.06. The lowest BCUT2D eigenvalue weighted by molar-refractivity contribution is -0.150. The van der Waals surface area contributed by atoms with Crippen LogP contribution in [-0.2, 0) is 19.1 Å². The first kappa shape index (κ1) is 17.5. The number of cyclic esters (lactones) is 1. The Morgan fingerprint density at radius 3 is 2.68 bits per heavy atom. The number of fused-ring (bicyclic) bond motifs is 2. The third-order valence-electron chi connectivity index (χ3n) is 4.74. The molecule has 0 N–H and O–H groups in total. The molecule has 0 saturated carbocycles. The third kappa shape index (κ3) is 5.71. The molecule has 0 spiro atoms. The van der Waals surface area contributed by atoms with Crippen LogP contribution in [0.3, 0.4) is 0 Å². The predicted molar refractivity (Wildman–Crippen MR) is 84.6 cm³/mol. The van der Waals surface area contributed by atoms with E-state index in [1.54, 1.807) is 0 Å². The molecule has 2 bridgehead atoms. The van der Waals surface area contributed by atoms with Crippen molar-refractivity contribution in [2.24, 2.45) is 0 Å². The molecule has 0 aliphatic carbocycles. The van der Waals surface area contributed by atoms with Crippen LogP contribution in [0.15, 0.2) is 0 Å². The van der Waals surface area contributed by atoms with Gasteiger partial charge in [0.1, 0.15) is 12.2 Å². The molecule has 4 nitrogen and oxygen atoms in total. The lowest BCUT2D eigenvalue weighted by Crippen LogP contribution is -2.21. The second-order valence-electron chi connectivity index (χ2n) is 6.70. The molecule has 126 valence electrons. The second kappa shape index (κ2) is 9.29. The molecule has 3 atom stereocenters. The smallest absolute Gasteiger partial charge is 0.306 e. The number of unbranched alkanes of at least 4 members (excludes halogenated alkanes) is 2. The van der Waals surface area contributed by atoms with E-state index >= 15 is 0 Å². The number of hydrogen-bond donors (Lipinski definition) is 0. The minimum atomic E-state index is -0.378. The maximum atomic E-state index is 12.0. The number of ether oxygens (including phenoxy) is 2. The maximum absolute atomic E-state index is 12.0. The molecule has 2 heterocycles.